The van der Waals surface area contributed by atoms with Crippen LogP contribution >= 0.6 is 11.8 Å². The highest BCUT2D eigenvalue weighted by Crippen LogP contribution is 2.22. The molecule has 0 amide bonds. The summed E-state index contributed by atoms with van der Waals surface area (Å²) >= 11 is 1.77. The van der Waals surface area contributed by atoms with Gasteiger partial charge in [0.1, 0.15) is 5.82 Å². The lowest BCUT2D eigenvalue weighted by atomic mass is 10.2. The van der Waals surface area contributed by atoms with Crippen molar-refractivity contribution in [3.8, 4) is 0 Å². The number of hydrogen-bond acceptors (Lipinski definition) is 4. The van der Waals surface area contributed by atoms with E-state index in [4.69, 9.17) is 0 Å². The van der Waals surface area contributed by atoms with Crippen LogP contribution in [0.1, 0.15) is 18.3 Å². The number of aromatic nitrogens is 2. The topological polar surface area (TPSA) is 37.8 Å². The molecule has 0 aliphatic carbocycles. The average Bonchev–Trinajstić information content (AvgIpc) is 2.44. The van der Waals surface area contributed by atoms with E-state index in [0.29, 0.717) is 0 Å². The second kappa shape index (κ2) is 7.13. The highest BCUT2D eigenvalue weighted by atomic mass is 32.2. The van der Waals surface area contributed by atoms with E-state index in [1.807, 2.05) is 6.07 Å². The third kappa shape index (κ3) is 4.13. The van der Waals surface area contributed by atoms with Gasteiger partial charge in [-0.3, -0.25) is 0 Å². The van der Waals surface area contributed by atoms with Gasteiger partial charge >= 0.3 is 0 Å². The van der Waals surface area contributed by atoms with Crippen LogP contribution in [0.3, 0.4) is 0 Å². The normalized spacial score (nSPS) is 10.5. The molecular weight excluding hydrogens is 242 g/mol. The number of thioether (sulfide) groups is 1. The smallest absolute Gasteiger partial charge is 0.138 e. The minimum atomic E-state index is 0.811. The molecule has 1 N–H and O–H groups in total. The quantitative estimate of drug-likeness (QED) is 0.810. The summed E-state index contributed by atoms with van der Waals surface area (Å²) in [5, 5.41) is 3.33. The molecule has 0 atom stereocenters. The first-order valence-electron chi connectivity index (χ1n) is 6.07. The molecule has 4 heteroatoms. The van der Waals surface area contributed by atoms with Crippen LogP contribution < -0.4 is 5.32 Å². The van der Waals surface area contributed by atoms with Gasteiger partial charge in [-0.1, -0.05) is 19.1 Å². The van der Waals surface area contributed by atoms with E-state index in [1.165, 1.54) is 10.5 Å². The van der Waals surface area contributed by atoms with Crippen LogP contribution in [0, 0.1) is 0 Å². The zero-order valence-electron chi connectivity index (χ0n) is 10.5. The summed E-state index contributed by atoms with van der Waals surface area (Å²) in [5.41, 5.74) is 1.32. The molecule has 94 valence electrons. The van der Waals surface area contributed by atoms with E-state index in [9.17, 15) is 0 Å². The van der Waals surface area contributed by atoms with Crippen LogP contribution in [-0.2, 0) is 12.3 Å². The first kappa shape index (κ1) is 13.1. The van der Waals surface area contributed by atoms with E-state index in [1.54, 1.807) is 24.2 Å². The van der Waals surface area contributed by atoms with Crippen LogP contribution in [0.5, 0.6) is 0 Å². The highest BCUT2D eigenvalue weighted by Gasteiger charge is 1.99. The Kier molecular flexibility index (Phi) is 5.17. The molecule has 3 nitrogen and oxygen atoms in total. The summed E-state index contributed by atoms with van der Waals surface area (Å²) in [6.07, 6.45) is 3.56. The molecule has 0 fully saturated rings. The molecule has 0 aliphatic heterocycles. The largest absolute Gasteiger partial charge is 0.313 e. The number of rotatable bonds is 6. The predicted molar refractivity (Wildman–Crippen MR) is 75.4 cm³/mol. The molecule has 2 aromatic rings. The molecule has 0 spiro atoms. The van der Waals surface area contributed by atoms with E-state index < -0.39 is 0 Å². The van der Waals surface area contributed by atoms with Gasteiger partial charge in [0.25, 0.3) is 0 Å². The van der Waals surface area contributed by atoms with Crippen LogP contribution in [0.4, 0.5) is 0 Å². The van der Waals surface area contributed by atoms with E-state index in [2.05, 4.69) is 46.5 Å². The van der Waals surface area contributed by atoms with Crippen molar-refractivity contribution in [1.82, 2.24) is 15.3 Å². The van der Waals surface area contributed by atoms with Crippen molar-refractivity contribution in [3.63, 3.8) is 0 Å². The lowest BCUT2D eigenvalue weighted by Crippen LogP contribution is -2.11. The fraction of sp³-hybridized carbons (Fsp3) is 0.286. The standard InChI is InChI=1S/C14H17N3S/c1-2-15-10-12-5-3-6-13(9-12)18-11-14-16-7-4-8-17-14/h3-9,15H,2,10-11H2,1H3. The van der Waals surface area contributed by atoms with Crippen LogP contribution in [0.25, 0.3) is 0 Å². The molecule has 1 heterocycles. The molecule has 2 rings (SSSR count). The Morgan fingerprint density at radius 1 is 1.17 bits per heavy atom. The monoisotopic (exact) mass is 259 g/mol. The zero-order valence-corrected chi connectivity index (χ0v) is 11.3. The van der Waals surface area contributed by atoms with Crippen LogP contribution in [0.2, 0.25) is 0 Å². The molecule has 0 saturated heterocycles. The molecule has 18 heavy (non-hydrogen) atoms. The molecule has 0 aliphatic rings. The first-order chi connectivity index (χ1) is 8.88. The van der Waals surface area contributed by atoms with Gasteiger partial charge in [0.15, 0.2) is 0 Å². The van der Waals surface area contributed by atoms with Crippen molar-refractivity contribution in [2.75, 3.05) is 6.54 Å². The van der Waals surface area contributed by atoms with Gasteiger partial charge in [-0.2, -0.15) is 0 Å². The van der Waals surface area contributed by atoms with Crippen LogP contribution in [0.15, 0.2) is 47.6 Å². The van der Waals surface area contributed by atoms with Gasteiger partial charge in [-0.25, -0.2) is 9.97 Å². The Hall–Kier alpha value is -1.39. The minimum absolute atomic E-state index is 0.811. The molecule has 0 saturated carbocycles. The van der Waals surface area contributed by atoms with Gasteiger partial charge in [0, 0.05) is 23.8 Å². The Balaban J connectivity index is 1.93. The summed E-state index contributed by atoms with van der Waals surface area (Å²) in [6.45, 7) is 4.04. The van der Waals surface area contributed by atoms with Crippen molar-refractivity contribution in [1.29, 1.82) is 0 Å². The average molecular weight is 259 g/mol. The number of hydrogen-bond donors (Lipinski definition) is 1. The summed E-state index contributed by atoms with van der Waals surface area (Å²) < 4.78 is 0. The first-order valence-corrected chi connectivity index (χ1v) is 7.05. The maximum absolute atomic E-state index is 4.22. The zero-order chi connectivity index (χ0) is 12.6. The maximum atomic E-state index is 4.22. The number of nitrogens with one attached hydrogen (secondary N) is 1. The van der Waals surface area contributed by atoms with E-state index in [0.717, 1.165) is 24.7 Å². The van der Waals surface area contributed by atoms with Gasteiger partial charge in [-0.15, -0.1) is 11.8 Å². The lowest BCUT2D eigenvalue weighted by molar-refractivity contribution is 0.725. The number of nitrogens with zero attached hydrogens (tertiary/aromatic N) is 2. The molecule has 1 aromatic carbocycles. The second-order valence-corrected chi connectivity index (χ2v) is 4.93. The van der Waals surface area contributed by atoms with Crippen molar-refractivity contribution < 1.29 is 0 Å². The molecule has 0 radical (unpaired) electrons. The van der Waals surface area contributed by atoms with E-state index >= 15 is 0 Å². The summed E-state index contributed by atoms with van der Waals surface area (Å²) in [6, 6.07) is 10.4. The fourth-order valence-electron chi connectivity index (χ4n) is 1.57. The molecular formula is C14H17N3S. The minimum Gasteiger partial charge on any atom is -0.313 e. The molecule has 1 aromatic heterocycles. The molecule has 0 unspecified atom stereocenters. The lowest BCUT2D eigenvalue weighted by Gasteiger charge is -2.05. The SMILES string of the molecule is CCNCc1cccc(SCc2ncccn2)c1. The van der Waals surface area contributed by atoms with Crippen molar-refractivity contribution in [2.24, 2.45) is 0 Å². The van der Waals surface area contributed by atoms with Gasteiger partial charge in [0.05, 0.1) is 5.75 Å². The Bertz CT molecular complexity index is 473. The third-order valence-electron chi connectivity index (χ3n) is 2.46. The summed E-state index contributed by atoms with van der Waals surface area (Å²) in [7, 11) is 0. The Morgan fingerprint density at radius 3 is 2.78 bits per heavy atom. The fourth-order valence-corrected chi connectivity index (χ4v) is 2.42. The van der Waals surface area contributed by atoms with E-state index in [-0.39, 0.29) is 0 Å². The highest BCUT2D eigenvalue weighted by molar-refractivity contribution is 7.98. The number of benzene rings is 1. The Morgan fingerprint density at radius 2 is 2.00 bits per heavy atom. The van der Waals surface area contributed by atoms with Gasteiger partial charge in [-0.05, 0) is 30.3 Å². The summed E-state index contributed by atoms with van der Waals surface area (Å²) in [5.74, 6) is 1.69. The van der Waals surface area contributed by atoms with Gasteiger partial charge < -0.3 is 5.32 Å². The summed E-state index contributed by atoms with van der Waals surface area (Å²) in [4.78, 5) is 9.70. The maximum Gasteiger partial charge on any atom is 0.138 e. The molecule has 0 bridgehead atoms. The van der Waals surface area contributed by atoms with Crippen molar-refractivity contribution in [2.45, 2.75) is 24.1 Å². The predicted octanol–water partition coefficient (Wildman–Crippen LogP) is 2.88. The third-order valence-corrected chi connectivity index (χ3v) is 3.45. The van der Waals surface area contributed by atoms with Crippen molar-refractivity contribution in [3.05, 3.63) is 54.1 Å². The second-order valence-electron chi connectivity index (χ2n) is 3.88. The van der Waals surface area contributed by atoms with Gasteiger partial charge in [0.2, 0.25) is 0 Å². The van der Waals surface area contributed by atoms with Crippen LogP contribution in [-0.4, -0.2) is 16.5 Å². The van der Waals surface area contributed by atoms with Crippen molar-refractivity contribution >= 4 is 11.8 Å². The Labute approximate surface area is 112 Å².